The first-order valence-corrected chi connectivity index (χ1v) is 8.36. The number of nitrogens with zero attached hydrogens (tertiary/aromatic N) is 1. The molecule has 3 aliphatic rings. The third-order valence-corrected chi connectivity index (χ3v) is 5.57. The number of carbonyl (C=O) groups excluding carboxylic acids is 2. The second-order valence-electron chi connectivity index (χ2n) is 6.83. The van der Waals surface area contributed by atoms with Gasteiger partial charge in [0.15, 0.2) is 0 Å². The summed E-state index contributed by atoms with van der Waals surface area (Å²) in [5.41, 5.74) is 1.78. The van der Waals surface area contributed by atoms with Crippen molar-refractivity contribution >= 4 is 11.8 Å². The Kier molecular flexibility index (Phi) is 3.76. The van der Waals surface area contributed by atoms with Gasteiger partial charge >= 0.3 is 0 Å². The highest BCUT2D eigenvalue weighted by atomic mass is 16.2. The molecule has 21 heavy (non-hydrogen) atoms. The van der Waals surface area contributed by atoms with Crippen LogP contribution in [-0.2, 0) is 9.59 Å². The Balaban J connectivity index is 1.81. The van der Waals surface area contributed by atoms with Gasteiger partial charge in [-0.25, -0.2) is 0 Å². The number of carbonyl (C=O) groups is 2. The summed E-state index contributed by atoms with van der Waals surface area (Å²) in [6.45, 7) is 6.23. The van der Waals surface area contributed by atoms with Crippen molar-refractivity contribution < 1.29 is 9.59 Å². The molecule has 0 aromatic heterocycles. The highest BCUT2D eigenvalue weighted by Gasteiger charge is 2.59. The summed E-state index contributed by atoms with van der Waals surface area (Å²) in [5.74, 6) is 0.292. The number of fused-ring (bicyclic) bond motifs is 4. The zero-order chi connectivity index (χ0) is 15.0. The van der Waals surface area contributed by atoms with Crippen LogP contribution in [0.25, 0.3) is 0 Å². The Bertz CT molecular complexity index is 519. The van der Waals surface area contributed by atoms with E-state index < -0.39 is 0 Å². The molecule has 0 radical (unpaired) electrons. The van der Waals surface area contributed by atoms with Crippen LogP contribution in [0.1, 0.15) is 58.3 Å². The minimum atomic E-state index is -0.0324. The molecule has 3 heteroatoms. The number of imide groups is 1. The fourth-order valence-corrected chi connectivity index (χ4v) is 4.62. The molecule has 0 aromatic rings. The van der Waals surface area contributed by atoms with E-state index >= 15 is 0 Å². The molecule has 0 aromatic carbocycles. The van der Waals surface area contributed by atoms with Crippen molar-refractivity contribution in [2.24, 2.45) is 11.3 Å². The van der Waals surface area contributed by atoms with Crippen LogP contribution < -0.4 is 0 Å². The normalized spacial score (nSPS) is 30.5. The van der Waals surface area contributed by atoms with Crippen molar-refractivity contribution in [3.8, 4) is 0 Å². The molecule has 0 spiro atoms. The van der Waals surface area contributed by atoms with Crippen molar-refractivity contribution in [3.63, 3.8) is 0 Å². The summed E-state index contributed by atoms with van der Waals surface area (Å²) in [5, 5.41) is 0. The average Bonchev–Trinajstić information content (AvgIpc) is 3.10. The lowest BCUT2D eigenvalue weighted by molar-refractivity contribution is -0.137. The molecule has 2 bridgehead atoms. The summed E-state index contributed by atoms with van der Waals surface area (Å²) in [6.07, 6.45) is 10.9. The van der Waals surface area contributed by atoms with Crippen LogP contribution in [-0.4, -0.2) is 23.3 Å². The number of rotatable bonds is 7. The van der Waals surface area contributed by atoms with Gasteiger partial charge in [0, 0.05) is 23.1 Å². The van der Waals surface area contributed by atoms with Gasteiger partial charge in [-0.15, -0.1) is 6.58 Å². The van der Waals surface area contributed by atoms with Gasteiger partial charge in [0.2, 0.25) is 0 Å². The zero-order valence-corrected chi connectivity index (χ0v) is 13.0. The predicted octanol–water partition coefficient (Wildman–Crippen LogP) is 3.61. The van der Waals surface area contributed by atoms with Gasteiger partial charge in [-0.05, 0) is 31.6 Å². The standard InChI is InChI=1S/C18H25NO2/c1-3-5-6-7-9-18-10-8-13(12-18)14-15(18)17(21)19(11-4-2)16(14)20/h4,13H,2-3,5-12H2,1H3. The maximum absolute atomic E-state index is 12.7. The van der Waals surface area contributed by atoms with Crippen LogP contribution in [0.5, 0.6) is 0 Å². The van der Waals surface area contributed by atoms with E-state index in [2.05, 4.69) is 13.5 Å². The van der Waals surface area contributed by atoms with E-state index in [0.29, 0.717) is 12.5 Å². The summed E-state index contributed by atoms with van der Waals surface area (Å²) in [6, 6.07) is 0. The van der Waals surface area contributed by atoms with Crippen molar-refractivity contribution in [1.29, 1.82) is 0 Å². The number of unbranched alkanes of at least 4 members (excludes halogenated alkanes) is 3. The SMILES string of the molecule is C=CCN1C(=O)C2=C(C1=O)C1(CCCCCC)CCC2C1. The molecule has 2 amide bonds. The lowest BCUT2D eigenvalue weighted by Gasteiger charge is -2.29. The Hall–Kier alpha value is -1.38. The summed E-state index contributed by atoms with van der Waals surface area (Å²) < 4.78 is 0. The molecule has 1 aliphatic heterocycles. The Morgan fingerprint density at radius 2 is 2.10 bits per heavy atom. The van der Waals surface area contributed by atoms with Crippen LogP contribution in [0.3, 0.4) is 0 Å². The number of hydrogen-bond donors (Lipinski definition) is 0. The molecule has 3 nitrogen and oxygen atoms in total. The van der Waals surface area contributed by atoms with E-state index in [1.54, 1.807) is 6.08 Å². The Morgan fingerprint density at radius 1 is 1.29 bits per heavy atom. The highest BCUT2D eigenvalue weighted by Crippen LogP contribution is 2.62. The molecule has 2 atom stereocenters. The van der Waals surface area contributed by atoms with Gasteiger partial charge < -0.3 is 0 Å². The van der Waals surface area contributed by atoms with E-state index in [9.17, 15) is 9.59 Å². The molecule has 2 aliphatic carbocycles. The van der Waals surface area contributed by atoms with Crippen LogP contribution in [0.4, 0.5) is 0 Å². The van der Waals surface area contributed by atoms with E-state index in [1.165, 1.54) is 30.6 Å². The predicted molar refractivity (Wildman–Crippen MR) is 82.5 cm³/mol. The Morgan fingerprint density at radius 3 is 2.81 bits per heavy atom. The van der Waals surface area contributed by atoms with Crippen molar-refractivity contribution in [3.05, 3.63) is 23.8 Å². The molecule has 1 heterocycles. The van der Waals surface area contributed by atoms with Crippen molar-refractivity contribution in [2.75, 3.05) is 6.54 Å². The minimum Gasteiger partial charge on any atom is -0.271 e. The van der Waals surface area contributed by atoms with Gasteiger partial charge in [0.25, 0.3) is 11.8 Å². The second kappa shape index (κ2) is 5.43. The Labute approximate surface area is 127 Å². The van der Waals surface area contributed by atoms with Crippen LogP contribution in [0, 0.1) is 11.3 Å². The molecular weight excluding hydrogens is 262 g/mol. The fraction of sp³-hybridized carbons (Fsp3) is 0.667. The van der Waals surface area contributed by atoms with E-state index in [-0.39, 0.29) is 17.2 Å². The maximum Gasteiger partial charge on any atom is 0.258 e. The van der Waals surface area contributed by atoms with Crippen LogP contribution in [0.15, 0.2) is 23.8 Å². The summed E-state index contributed by atoms with van der Waals surface area (Å²) >= 11 is 0. The third kappa shape index (κ3) is 2.09. The van der Waals surface area contributed by atoms with Gasteiger partial charge in [-0.2, -0.15) is 0 Å². The molecule has 0 saturated heterocycles. The lowest BCUT2D eigenvalue weighted by Crippen LogP contribution is -2.35. The molecule has 3 rings (SSSR count). The highest BCUT2D eigenvalue weighted by molar-refractivity contribution is 6.21. The monoisotopic (exact) mass is 287 g/mol. The first-order valence-electron chi connectivity index (χ1n) is 8.36. The smallest absolute Gasteiger partial charge is 0.258 e. The van der Waals surface area contributed by atoms with Gasteiger partial charge in [-0.3, -0.25) is 14.5 Å². The summed E-state index contributed by atoms with van der Waals surface area (Å²) in [7, 11) is 0. The molecule has 1 fully saturated rings. The fourth-order valence-electron chi connectivity index (χ4n) is 4.62. The second-order valence-corrected chi connectivity index (χ2v) is 6.83. The molecule has 0 N–H and O–H groups in total. The zero-order valence-electron chi connectivity index (χ0n) is 13.0. The molecule has 114 valence electrons. The van der Waals surface area contributed by atoms with Crippen LogP contribution >= 0.6 is 0 Å². The average molecular weight is 287 g/mol. The third-order valence-electron chi connectivity index (χ3n) is 5.57. The first kappa shape index (κ1) is 14.6. The first-order chi connectivity index (χ1) is 10.1. The van der Waals surface area contributed by atoms with Crippen LogP contribution in [0.2, 0.25) is 0 Å². The minimum absolute atomic E-state index is 0.0207. The number of likely N-dealkylation sites (tertiary alicyclic amines) is 1. The maximum atomic E-state index is 12.7. The quantitative estimate of drug-likeness (QED) is 0.407. The number of hydrogen-bond acceptors (Lipinski definition) is 2. The number of amides is 2. The van der Waals surface area contributed by atoms with Crippen molar-refractivity contribution in [1.82, 2.24) is 4.90 Å². The van der Waals surface area contributed by atoms with Gasteiger partial charge in [-0.1, -0.05) is 38.7 Å². The van der Waals surface area contributed by atoms with Gasteiger partial charge in [0.05, 0.1) is 0 Å². The molecule has 1 saturated carbocycles. The molecule has 2 unspecified atom stereocenters. The molecular formula is C18H25NO2. The summed E-state index contributed by atoms with van der Waals surface area (Å²) in [4.78, 5) is 26.6. The lowest BCUT2D eigenvalue weighted by atomic mass is 9.75. The van der Waals surface area contributed by atoms with E-state index in [0.717, 1.165) is 36.8 Å². The van der Waals surface area contributed by atoms with Crippen molar-refractivity contribution in [2.45, 2.75) is 58.3 Å². The largest absolute Gasteiger partial charge is 0.271 e. The van der Waals surface area contributed by atoms with Gasteiger partial charge in [0.1, 0.15) is 0 Å². The van der Waals surface area contributed by atoms with E-state index in [1.807, 2.05) is 0 Å². The van der Waals surface area contributed by atoms with E-state index in [4.69, 9.17) is 0 Å². The topological polar surface area (TPSA) is 37.4 Å².